The van der Waals surface area contributed by atoms with Gasteiger partial charge in [-0.2, -0.15) is 5.10 Å². The fourth-order valence-corrected chi connectivity index (χ4v) is 4.08. The maximum atomic E-state index is 12.6. The van der Waals surface area contributed by atoms with Gasteiger partial charge in [0.15, 0.2) is 17.3 Å². The highest BCUT2D eigenvalue weighted by atomic mass is 35.5. The van der Waals surface area contributed by atoms with Crippen LogP contribution in [0.15, 0.2) is 94.4 Å². The van der Waals surface area contributed by atoms with Crippen molar-refractivity contribution in [3.63, 3.8) is 0 Å². The fourth-order valence-electron chi connectivity index (χ4n) is 3.89. The highest BCUT2D eigenvalue weighted by molar-refractivity contribution is 6.31. The number of hydrazone groups is 1. The van der Waals surface area contributed by atoms with Crippen LogP contribution < -0.4 is 14.9 Å². The van der Waals surface area contributed by atoms with E-state index < -0.39 is 5.91 Å². The SMILES string of the molecule is CCOc1cc(/C=N/NC(=O)c2cc3c(ccc4ccccc43)o2)ccc1OCc1ccccc1Cl. The van der Waals surface area contributed by atoms with Gasteiger partial charge in [-0.05, 0) is 59.7 Å². The van der Waals surface area contributed by atoms with Crippen LogP contribution in [0.5, 0.6) is 11.5 Å². The van der Waals surface area contributed by atoms with Crippen molar-refractivity contribution in [3.8, 4) is 11.5 Å². The summed E-state index contributed by atoms with van der Waals surface area (Å²) in [4.78, 5) is 12.6. The zero-order valence-corrected chi connectivity index (χ0v) is 20.3. The second-order valence-electron chi connectivity index (χ2n) is 8.03. The van der Waals surface area contributed by atoms with E-state index in [9.17, 15) is 4.79 Å². The summed E-state index contributed by atoms with van der Waals surface area (Å²) in [7, 11) is 0. The highest BCUT2D eigenvalue weighted by Gasteiger charge is 2.13. The van der Waals surface area contributed by atoms with Gasteiger partial charge in [0.2, 0.25) is 0 Å². The second-order valence-corrected chi connectivity index (χ2v) is 8.43. The van der Waals surface area contributed by atoms with Crippen LogP contribution in [-0.4, -0.2) is 18.7 Å². The molecule has 180 valence electrons. The number of nitrogens with zero attached hydrogens (tertiary/aromatic N) is 1. The molecule has 0 aliphatic heterocycles. The molecule has 0 bridgehead atoms. The van der Waals surface area contributed by atoms with Gasteiger partial charge in [-0.3, -0.25) is 4.79 Å². The summed E-state index contributed by atoms with van der Waals surface area (Å²) in [5.41, 5.74) is 4.79. The smallest absolute Gasteiger partial charge is 0.307 e. The molecule has 0 spiro atoms. The van der Waals surface area contributed by atoms with Crippen molar-refractivity contribution < 1.29 is 18.7 Å². The molecule has 0 aliphatic carbocycles. The van der Waals surface area contributed by atoms with Crippen molar-refractivity contribution in [2.45, 2.75) is 13.5 Å². The van der Waals surface area contributed by atoms with Gasteiger partial charge >= 0.3 is 5.91 Å². The van der Waals surface area contributed by atoms with E-state index >= 15 is 0 Å². The molecular formula is C29H23ClN2O4. The molecule has 4 aromatic carbocycles. The van der Waals surface area contributed by atoms with Crippen molar-refractivity contribution in [2.75, 3.05) is 6.61 Å². The Hall–Kier alpha value is -4.29. The molecule has 1 heterocycles. The number of benzene rings is 4. The van der Waals surface area contributed by atoms with E-state index in [0.717, 1.165) is 27.3 Å². The molecule has 0 atom stereocenters. The summed E-state index contributed by atoms with van der Waals surface area (Å²) >= 11 is 6.22. The van der Waals surface area contributed by atoms with Crippen LogP contribution in [0, 0.1) is 0 Å². The predicted molar refractivity (Wildman–Crippen MR) is 142 cm³/mol. The van der Waals surface area contributed by atoms with E-state index in [1.807, 2.05) is 73.7 Å². The van der Waals surface area contributed by atoms with Crippen LogP contribution in [0.3, 0.4) is 0 Å². The van der Waals surface area contributed by atoms with Crippen LogP contribution in [0.4, 0.5) is 0 Å². The van der Waals surface area contributed by atoms with E-state index in [1.54, 1.807) is 18.2 Å². The fraction of sp³-hybridized carbons (Fsp3) is 0.103. The van der Waals surface area contributed by atoms with Crippen LogP contribution >= 0.6 is 11.6 Å². The van der Waals surface area contributed by atoms with Gasteiger partial charge < -0.3 is 13.9 Å². The number of hydrogen-bond donors (Lipinski definition) is 1. The van der Waals surface area contributed by atoms with Crippen LogP contribution in [-0.2, 0) is 6.61 Å². The lowest BCUT2D eigenvalue weighted by Crippen LogP contribution is -2.16. The number of hydrogen-bond acceptors (Lipinski definition) is 5. The first-order valence-electron chi connectivity index (χ1n) is 11.5. The summed E-state index contributed by atoms with van der Waals surface area (Å²) in [6, 6.07) is 26.5. The van der Waals surface area contributed by atoms with Crippen LogP contribution in [0.2, 0.25) is 5.02 Å². The normalized spacial score (nSPS) is 11.3. The number of carbonyl (C=O) groups is 1. The minimum absolute atomic E-state index is 0.192. The Morgan fingerprint density at radius 2 is 1.78 bits per heavy atom. The molecule has 0 saturated heterocycles. The Labute approximate surface area is 213 Å². The third-order valence-electron chi connectivity index (χ3n) is 5.64. The quantitative estimate of drug-likeness (QED) is 0.185. The molecule has 5 rings (SSSR count). The topological polar surface area (TPSA) is 73.1 Å². The van der Waals surface area contributed by atoms with Crippen molar-refractivity contribution >= 4 is 45.5 Å². The van der Waals surface area contributed by atoms with Gasteiger partial charge in [0.05, 0.1) is 12.8 Å². The molecule has 0 radical (unpaired) electrons. The Kier molecular flexibility index (Phi) is 6.87. The molecule has 0 saturated carbocycles. The Morgan fingerprint density at radius 1 is 0.944 bits per heavy atom. The zero-order chi connectivity index (χ0) is 24.9. The minimum atomic E-state index is -0.434. The maximum Gasteiger partial charge on any atom is 0.307 e. The average Bonchev–Trinajstić information content (AvgIpc) is 3.34. The summed E-state index contributed by atoms with van der Waals surface area (Å²) < 4.78 is 17.4. The zero-order valence-electron chi connectivity index (χ0n) is 19.5. The van der Waals surface area contributed by atoms with Gasteiger partial charge in [0.1, 0.15) is 12.2 Å². The third-order valence-corrected chi connectivity index (χ3v) is 6.01. The van der Waals surface area contributed by atoms with Gasteiger partial charge in [-0.15, -0.1) is 0 Å². The van der Waals surface area contributed by atoms with E-state index in [0.29, 0.717) is 35.3 Å². The molecule has 1 aromatic heterocycles. The summed E-state index contributed by atoms with van der Waals surface area (Å²) in [5.74, 6) is 0.921. The number of halogens is 1. The number of rotatable bonds is 8. The molecule has 36 heavy (non-hydrogen) atoms. The molecule has 0 unspecified atom stereocenters. The Bertz CT molecular complexity index is 1570. The van der Waals surface area contributed by atoms with E-state index in [2.05, 4.69) is 10.5 Å². The lowest BCUT2D eigenvalue weighted by atomic mass is 10.1. The van der Waals surface area contributed by atoms with Gasteiger partial charge in [0.25, 0.3) is 0 Å². The third kappa shape index (κ3) is 5.04. The summed E-state index contributed by atoms with van der Waals surface area (Å²) in [5, 5.41) is 7.73. The molecule has 0 aliphatic rings. The largest absolute Gasteiger partial charge is 0.490 e. The standard InChI is InChI=1S/C29H23ClN2O4/c1-2-34-27-15-19(11-13-26(27)35-18-21-8-4-6-10-24(21)30)17-31-32-29(33)28-16-23-22-9-5-3-7-20(22)12-14-25(23)36-28/h3-17H,2,18H2,1H3,(H,32,33)/b31-17+. The first-order chi connectivity index (χ1) is 17.6. The van der Waals surface area contributed by atoms with Crippen molar-refractivity contribution in [1.29, 1.82) is 0 Å². The molecule has 6 nitrogen and oxygen atoms in total. The monoisotopic (exact) mass is 498 g/mol. The number of carbonyl (C=O) groups excluding carboxylic acids is 1. The molecule has 7 heteroatoms. The lowest BCUT2D eigenvalue weighted by molar-refractivity contribution is 0.0929. The lowest BCUT2D eigenvalue weighted by Gasteiger charge is -2.13. The van der Waals surface area contributed by atoms with Gasteiger partial charge in [-0.1, -0.05) is 60.1 Å². The Morgan fingerprint density at radius 3 is 2.64 bits per heavy atom. The molecule has 1 amide bonds. The number of nitrogens with one attached hydrogen (secondary N) is 1. The van der Waals surface area contributed by atoms with Crippen molar-refractivity contribution in [1.82, 2.24) is 5.43 Å². The average molecular weight is 499 g/mol. The van der Waals surface area contributed by atoms with Gasteiger partial charge in [0, 0.05) is 16.0 Å². The highest BCUT2D eigenvalue weighted by Crippen LogP contribution is 2.30. The number of furan rings is 1. The molecule has 0 fully saturated rings. The first-order valence-corrected chi connectivity index (χ1v) is 11.9. The van der Waals surface area contributed by atoms with Gasteiger partial charge in [-0.25, -0.2) is 5.43 Å². The molecular weight excluding hydrogens is 476 g/mol. The van der Waals surface area contributed by atoms with E-state index in [-0.39, 0.29) is 5.76 Å². The number of amides is 1. The summed E-state index contributed by atoms with van der Waals surface area (Å²) in [6.07, 6.45) is 1.54. The predicted octanol–water partition coefficient (Wildman–Crippen LogP) is 6.98. The number of fused-ring (bicyclic) bond motifs is 3. The summed E-state index contributed by atoms with van der Waals surface area (Å²) in [6.45, 7) is 2.69. The minimum Gasteiger partial charge on any atom is -0.490 e. The van der Waals surface area contributed by atoms with E-state index in [1.165, 1.54) is 6.21 Å². The number of ether oxygens (including phenoxy) is 2. The van der Waals surface area contributed by atoms with Crippen molar-refractivity contribution in [2.24, 2.45) is 5.10 Å². The molecule has 5 aromatic rings. The van der Waals surface area contributed by atoms with Crippen LogP contribution in [0.1, 0.15) is 28.6 Å². The van der Waals surface area contributed by atoms with E-state index in [4.69, 9.17) is 25.5 Å². The van der Waals surface area contributed by atoms with Crippen LogP contribution in [0.25, 0.3) is 21.7 Å². The molecule has 1 N–H and O–H groups in total. The second kappa shape index (κ2) is 10.5. The maximum absolute atomic E-state index is 12.6. The van der Waals surface area contributed by atoms with Crippen molar-refractivity contribution in [3.05, 3.63) is 107 Å². The first kappa shape index (κ1) is 23.5. The Balaban J connectivity index is 1.28.